The molecule has 2 atom stereocenters. The Morgan fingerprint density at radius 3 is 2.65 bits per heavy atom. The first kappa shape index (κ1) is 16.2. The molecule has 0 radical (unpaired) electrons. The molecule has 1 N–H and O–H groups in total. The molecule has 2 unspecified atom stereocenters. The monoisotopic (exact) mass is 303 g/mol. The molecule has 2 heterocycles. The number of hydrogen-bond acceptors (Lipinski definition) is 3. The molecule has 5 nitrogen and oxygen atoms in total. The summed E-state index contributed by atoms with van der Waals surface area (Å²) in [6, 6.07) is 0.271. The van der Waals surface area contributed by atoms with Gasteiger partial charge < -0.3 is 5.32 Å². The van der Waals surface area contributed by atoms with Crippen LogP contribution in [0.5, 0.6) is 0 Å². The van der Waals surface area contributed by atoms with Crippen LogP contribution in [-0.2, 0) is 10.2 Å². The summed E-state index contributed by atoms with van der Waals surface area (Å²) in [4.78, 5) is 0. The maximum absolute atomic E-state index is 13.0. The molecular formula is C14H29N3O2S. The van der Waals surface area contributed by atoms with Crippen molar-refractivity contribution < 1.29 is 8.42 Å². The second-order valence-corrected chi connectivity index (χ2v) is 7.91. The second kappa shape index (κ2) is 7.20. The number of hydrogen-bond donors (Lipinski definition) is 1. The summed E-state index contributed by atoms with van der Waals surface area (Å²) in [7, 11) is -3.31. The van der Waals surface area contributed by atoms with E-state index in [4.69, 9.17) is 0 Å². The van der Waals surface area contributed by atoms with E-state index in [9.17, 15) is 8.42 Å². The molecule has 0 saturated carbocycles. The molecule has 0 aromatic rings. The Balaban J connectivity index is 2.16. The molecule has 0 aliphatic carbocycles. The Hall–Kier alpha value is -0.170. The van der Waals surface area contributed by atoms with Crippen LogP contribution >= 0.6 is 0 Å². The van der Waals surface area contributed by atoms with E-state index in [1.165, 1.54) is 0 Å². The fourth-order valence-electron chi connectivity index (χ4n) is 3.34. The molecule has 2 fully saturated rings. The summed E-state index contributed by atoms with van der Waals surface area (Å²) in [6.45, 7) is 7.22. The van der Waals surface area contributed by atoms with Gasteiger partial charge in [-0.05, 0) is 45.6 Å². The van der Waals surface area contributed by atoms with Crippen molar-refractivity contribution in [2.45, 2.75) is 64.5 Å². The van der Waals surface area contributed by atoms with Crippen molar-refractivity contribution in [3.05, 3.63) is 0 Å². The number of rotatable bonds is 5. The van der Waals surface area contributed by atoms with E-state index in [0.29, 0.717) is 13.1 Å². The van der Waals surface area contributed by atoms with Crippen molar-refractivity contribution in [1.29, 1.82) is 0 Å². The molecule has 2 saturated heterocycles. The Bertz CT molecular complexity index is 393. The minimum Gasteiger partial charge on any atom is -0.315 e. The van der Waals surface area contributed by atoms with Crippen molar-refractivity contribution in [3.8, 4) is 0 Å². The molecule has 6 heteroatoms. The van der Waals surface area contributed by atoms with Crippen LogP contribution in [0.4, 0.5) is 0 Å². The lowest BCUT2D eigenvalue weighted by Crippen LogP contribution is -2.56. The summed E-state index contributed by atoms with van der Waals surface area (Å²) in [5.41, 5.74) is 0. The van der Waals surface area contributed by atoms with Crippen molar-refractivity contribution >= 4 is 10.2 Å². The molecule has 20 heavy (non-hydrogen) atoms. The van der Waals surface area contributed by atoms with Crippen molar-refractivity contribution in [1.82, 2.24) is 13.9 Å². The van der Waals surface area contributed by atoms with Gasteiger partial charge in [-0.25, -0.2) is 0 Å². The zero-order chi connectivity index (χ0) is 14.6. The first-order valence-electron chi connectivity index (χ1n) is 8.06. The third-order valence-corrected chi connectivity index (χ3v) is 6.67. The van der Waals surface area contributed by atoms with Crippen LogP contribution in [-0.4, -0.2) is 55.3 Å². The minimum atomic E-state index is -3.31. The molecule has 2 rings (SSSR count). The first-order chi connectivity index (χ1) is 9.57. The average molecular weight is 303 g/mol. The van der Waals surface area contributed by atoms with Gasteiger partial charge in [0.2, 0.25) is 0 Å². The molecule has 0 aromatic heterocycles. The number of nitrogens with zero attached hydrogens (tertiary/aromatic N) is 2. The maximum Gasteiger partial charge on any atom is 0.282 e. The average Bonchev–Trinajstić information content (AvgIpc) is 2.45. The van der Waals surface area contributed by atoms with Crippen LogP contribution in [0.3, 0.4) is 0 Å². The SMILES string of the molecule is CCCN(C1CCCNC1)S(=O)(=O)N1CCCCC1C. The van der Waals surface area contributed by atoms with Crippen LogP contribution in [0.2, 0.25) is 0 Å². The fraction of sp³-hybridized carbons (Fsp3) is 1.00. The van der Waals surface area contributed by atoms with Gasteiger partial charge in [-0.15, -0.1) is 0 Å². The van der Waals surface area contributed by atoms with Gasteiger partial charge in [0.15, 0.2) is 0 Å². The van der Waals surface area contributed by atoms with E-state index >= 15 is 0 Å². The highest BCUT2D eigenvalue weighted by atomic mass is 32.2. The summed E-state index contributed by atoms with van der Waals surface area (Å²) >= 11 is 0. The fourth-order valence-corrected chi connectivity index (χ4v) is 5.49. The summed E-state index contributed by atoms with van der Waals surface area (Å²) in [5.74, 6) is 0. The topological polar surface area (TPSA) is 52.7 Å². The van der Waals surface area contributed by atoms with Gasteiger partial charge in [0.05, 0.1) is 0 Å². The Morgan fingerprint density at radius 2 is 2.05 bits per heavy atom. The lowest BCUT2D eigenvalue weighted by molar-refractivity contribution is 0.211. The van der Waals surface area contributed by atoms with Gasteiger partial charge in [-0.2, -0.15) is 17.0 Å². The molecule has 2 aliphatic rings. The summed E-state index contributed by atoms with van der Waals surface area (Å²) in [6.07, 6.45) is 6.04. The largest absolute Gasteiger partial charge is 0.315 e. The van der Waals surface area contributed by atoms with Gasteiger partial charge in [-0.3, -0.25) is 0 Å². The van der Waals surface area contributed by atoms with Gasteiger partial charge >= 0.3 is 0 Å². The van der Waals surface area contributed by atoms with E-state index in [1.807, 2.05) is 6.92 Å². The van der Waals surface area contributed by atoms with Crippen molar-refractivity contribution in [2.24, 2.45) is 0 Å². The van der Waals surface area contributed by atoms with Crippen LogP contribution in [0.1, 0.15) is 52.4 Å². The lowest BCUT2D eigenvalue weighted by Gasteiger charge is -2.40. The van der Waals surface area contributed by atoms with Crippen LogP contribution < -0.4 is 5.32 Å². The number of piperidine rings is 2. The second-order valence-electron chi connectivity index (χ2n) is 6.07. The van der Waals surface area contributed by atoms with Crippen molar-refractivity contribution in [2.75, 3.05) is 26.2 Å². The minimum absolute atomic E-state index is 0.128. The highest BCUT2D eigenvalue weighted by Gasteiger charge is 2.37. The molecule has 0 spiro atoms. The molecular weight excluding hydrogens is 274 g/mol. The van der Waals surface area contributed by atoms with Gasteiger partial charge in [0.25, 0.3) is 10.2 Å². The Morgan fingerprint density at radius 1 is 1.25 bits per heavy atom. The van der Waals surface area contributed by atoms with Crippen LogP contribution in [0, 0.1) is 0 Å². The van der Waals surface area contributed by atoms with E-state index in [0.717, 1.165) is 51.6 Å². The third-order valence-electron chi connectivity index (χ3n) is 4.46. The lowest BCUT2D eigenvalue weighted by atomic mass is 10.1. The van der Waals surface area contributed by atoms with E-state index in [-0.39, 0.29) is 12.1 Å². The molecule has 2 aliphatic heterocycles. The van der Waals surface area contributed by atoms with E-state index in [1.54, 1.807) is 8.61 Å². The van der Waals surface area contributed by atoms with Crippen LogP contribution in [0.15, 0.2) is 0 Å². The highest BCUT2D eigenvalue weighted by molar-refractivity contribution is 7.86. The third kappa shape index (κ3) is 3.53. The molecule has 0 aromatic carbocycles. The molecule has 0 amide bonds. The normalized spacial score (nSPS) is 29.8. The Labute approximate surface area is 123 Å². The van der Waals surface area contributed by atoms with E-state index < -0.39 is 10.2 Å². The predicted octanol–water partition coefficient (Wildman–Crippen LogP) is 1.57. The quantitative estimate of drug-likeness (QED) is 0.839. The zero-order valence-corrected chi connectivity index (χ0v) is 13.7. The predicted molar refractivity (Wildman–Crippen MR) is 81.8 cm³/mol. The highest BCUT2D eigenvalue weighted by Crippen LogP contribution is 2.25. The summed E-state index contributed by atoms with van der Waals surface area (Å²) < 4.78 is 29.5. The van der Waals surface area contributed by atoms with Gasteiger partial charge in [0.1, 0.15) is 0 Å². The van der Waals surface area contributed by atoms with E-state index in [2.05, 4.69) is 12.2 Å². The van der Waals surface area contributed by atoms with Crippen molar-refractivity contribution in [3.63, 3.8) is 0 Å². The molecule has 118 valence electrons. The first-order valence-corrected chi connectivity index (χ1v) is 9.46. The smallest absolute Gasteiger partial charge is 0.282 e. The number of nitrogens with one attached hydrogen (secondary N) is 1. The maximum atomic E-state index is 13.0. The Kier molecular flexibility index (Phi) is 5.84. The standard InChI is InChI=1S/C14H29N3O2S/c1-3-10-17(14-8-6-9-15-12-14)20(18,19)16-11-5-4-7-13(16)2/h13-15H,3-12H2,1-2H3. The summed E-state index contributed by atoms with van der Waals surface area (Å²) in [5, 5.41) is 3.34. The van der Waals surface area contributed by atoms with Gasteiger partial charge in [-0.1, -0.05) is 13.3 Å². The zero-order valence-electron chi connectivity index (χ0n) is 12.8. The molecule has 0 bridgehead atoms. The van der Waals surface area contributed by atoms with Crippen LogP contribution in [0.25, 0.3) is 0 Å². The van der Waals surface area contributed by atoms with Gasteiger partial charge in [0, 0.05) is 31.7 Å².